The van der Waals surface area contributed by atoms with Gasteiger partial charge in [-0.05, 0) is 35.3 Å². The number of nitrogens with two attached hydrogens (primary N) is 1. The Morgan fingerprint density at radius 2 is 2.23 bits per heavy atom. The highest BCUT2D eigenvalue weighted by Gasteiger charge is 2.23. The van der Waals surface area contributed by atoms with E-state index in [-0.39, 0.29) is 6.04 Å². The Morgan fingerprint density at radius 3 is 2.95 bits per heavy atom. The van der Waals surface area contributed by atoms with Crippen LogP contribution < -0.4 is 11.1 Å². The van der Waals surface area contributed by atoms with E-state index in [1.54, 1.807) is 16.9 Å². The van der Waals surface area contributed by atoms with Gasteiger partial charge >= 0.3 is 0 Å². The van der Waals surface area contributed by atoms with Gasteiger partial charge in [-0.25, -0.2) is 4.98 Å². The van der Waals surface area contributed by atoms with Gasteiger partial charge in [0.2, 0.25) is 0 Å². The maximum absolute atomic E-state index is 6.25. The first-order chi connectivity index (χ1) is 10.8. The molecule has 114 valence electrons. The predicted molar refractivity (Wildman–Crippen MR) is 87.3 cm³/mol. The molecule has 1 aliphatic rings. The Kier molecular flexibility index (Phi) is 3.34. The lowest BCUT2D eigenvalue weighted by Gasteiger charge is -2.24. The fourth-order valence-corrected chi connectivity index (χ4v) is 3.46. The predicted octanol–water partition coefficient (Wildman–Crippen LogP) is 2.28. The van der Waals surface area contributed by atoms with Gasteiger partial charge in [0.15, 0.2) is 5.65 Å². The van der Waals surface area contributed by atoms with Crippen LogP contribution in [0.1, 0.15) is 31.0 Å². The number of anilines is 1. The average Bonchev–Trinajstić information content (AvgIpc) is 3.20. The molecule has 0 aliphatic carbocycles. The second kappa shape index (κ2) is 5.36. The summed E-state index contributed by atoms with van der Waals surface area (Å²) in [5.74, 6) is 0.571. The molecule has 0 bridgehead atoms. The number of H-pyrrole nitrogens is 1. The monoisotopic (exact) mass is 361 g/mol. The fraction of sp³-hybridized carbons (Fsp3) is 0.357. The molecule has 22 heavy (non-hydrogen) atoms. The Bertz CT molecular complexity index is 802. The van der Waals surface area contributed by atoms with Gasteiger partial charge in [-0.3, -0.25) is 5.10 Å². The average molecular weight is 362 g/mol. The smallest absolute Gasteiger partial charge is 0.165 e. The molecule has 8 heteroatoms. The van der Waals surface area contributed by atoms with Crippen molar-refractivity contribution in [2.45, 2.75) is 25.3 Å². The summed E-state index contributed by atoms with van der Waals surface area (Å²) >= 11 is 3.59. The first-order valence-electron chi connectivity index (χ1n) is 7.31. The minimum absolute atomic E-state index is 0.225. The van der Waals surface area contributed by atoms with Gasteiger partial charge in [-0.15, -0.1) is 0 Å². The maximum Gasteiger partial charge on any atom is 0.165 e. The van der Waals surface area contributed by atoms with Crippen molar-refractivity contribution in [3.8, 4) is 11.1 Å². The van der Waals surface area contributed by atoms with Crippen LogP contribution in [0, 0.1) is 0 Å². The van der Waals surface area contributed by atoms with Crippen molar-refractivity contribution < 1.29 is 0 Å². The fourth-order valence-electron chi connectivity index (χ4n) is 2.93. The number of aromatic amines is 1. The van der Waals surface area contributed by atoms with E-state index in [9.17, 15) is 0 Å². The molecule has 0 spiro atoms. The number of nitrogens with zero attached hydrogens (tertiary/aromatic N) is 4. The molecule has 0 aromatic carbocycles. The van der Waals surface area contributed by atoms with E-state index in [0.717, 1.165) is 39.9 Å². The lowest BCUT2D eigenvalue weighted by molar-refractivity contribution is 0.404. The van der Waals surface area contributed by atoms with Gasteiger partial charge in [0, 0.05) is 17.3 Å². The third-order valence-electron chi connectivity index (χ3n) is 4.10. The molecule has 1 aliphatic heterocycles. The molecule has 3 aromatic rings. The molecule has 1 unspecified atom stereocenters. The van der Waals surface area contributed by atoms with Crippen molar-refractivity contribution >= 4 is 27.4 Å². The zero-order valence-electron chi connectivity index (χ0n) is 11.9. The molecular formula is C14H16BrN7. The van der Waals surface area contributed by atoms with Crippen molar-refractivity contribution in [3.05, 3.63) is 28.8 Å². The van der Waals surface area contributed by atoms with Crippen molar-refractivity contribution in [2.24, 2.45) is 0 Å². The van der Waals surface area contributed by atoms with Gasteiger partial charge in [-0.2, -0.15) is 14.7 Å². The van der Waals surface area contributed by atoms with E-state index < -0.39 is 0 Å². The molecule has 4 N–H and O–H groups in total. The normalized spacial score (nSPS) is 18.9. The van der Waals surface area contributed by atoms with Gasteiger partial charge in [0.25, 0.3) is 0 Å². The van der Waals surface area contributed by atoms with Crippen molar-refractivity contribution in [1.29, 1.82) is 0 Å². The van der Waals surface area contributed by atoms with Crippen LogP contribution in [0.5, 0.6) is 0 Å². The lowest BCUT2D eigenvalue weighted by Crippen LogP contribution is -2.28. The van der Waals surface area contributed by atoms with Crippen LogP contribution >= 0.6 is 15.9 Å². The summed E-state index contributed by atoms with van der Waals surface area (Å²) < 4.78 is 2.49. The van der Waals surface area contributed by atoms with Crippen LogP contribution in [0.2, 0.25) is 0 Å². The van der Waals surface area contributed by atoms with E-state index in [0.29, 0.717) is 5.82 Å². The SMILES string of the molecule is Nc1c(Br)c(C2CCCCN2)nc2c(-c3cn[nH]c3)cnn12. The van der Waals surface area contributed by atoms with Crippen LogP contribution in [-0.2, 0) is 0 Å². The van der Waals surface area contributed by atoms with Gasteiger partial charge in [0.1, 0.15) is 5.82 Å². The summed E-state index contributed by atoms with van der Waals surface area (Å²) in [6.07, 6.45) is 8.83. The van der Waals surface area contributed by atoms with Crippen LogP contribution in [0.3, 0.4) is 0 Å². The highest BCUT2D eigenvalue weighted by molar-refractivity contribution is 9.10. The summed E-state index contributed by atoms with van der Waals surface area (Å²) in [4.78, 5) is 4.84. The number of halogens is 1. The Labute approximate surface area is 135 Å². The number of fused-ring (bicyclic) bond motifs is 1. The summed E-state index contributed by atoms with van der Waals surface area (Å²) in [5.41, 5.74) is 9.83. The van der Waals surface area contributed by atoms with E-state index >= 15 is 0 Å². The first kappa shape index (κ1) is 13.7. The van der Waals surface area contributed by atoms with Crippen LogP contribution in [0.25, 0.3) is 16.8 Å². The highest BCUT2D eigenvalue weighted by Crippen LogP contribution is 2.34. The van der Waals surface area contributed by atoms with Crippen molar-refractivity contribution in [2.75, 3.05) is 12.3 Å². The molecule has 4 heterocycles. The zero-order chi connectivity index (χ0) is 15.1. The minimum Gasteiger partial charge on any atom is -0.383 e. The van der Waals surface area contributed by atoms with E-state index in [1.807, 2.05) is 6.20 Å². The van der Waals surface area contributed by atoms with Gasteiger partial charge in [0.05, 0.1) is 28.6 Å². The molecule has 1 fully saturated rings. The van der Waals surface area contributed by atoms with E-state index in [4.69, 9.17) is 10.7 Å². The van der Waals surface area contributed by atoms with Gasteiger partial charge < -0.3 is 11.1 Å². The number of rotatable bonds is 2. The molecule has 4 rings (SSSR count). The molecule has 7 nitrogen and oxygen atoms in total. The van der Waals surface area contributed by atoms with E-state index in [1.165, 1.54) is 12.8 Å². The Morgan fingerprint density at radius 1 is 1.32 bits per heavy atom. The Hall–Kier alpha value is -1.93. The lowest BCUT2D eigenvalue weighted by atomic mass is 10.0. The zero-order valence-corrected chi connectivity index (χ0v) is 13.5. The molecule has 3 aromatic heterocycles. The second-order valence-electron chi connectivity index (χ2n) is 5.48. The standard InChI is InChI=1S/C14H16BrN7/c15-11-12(10-3-1-2-4-17-10)21-14-9(8-5-18-19-6-8)7-20-22(14)13(11)16/h5-7,10,17H,1-4,16H2,(H,18,19). The molecule has 1 atom stereocenters. The van der Waals surface area contributed by atoms with Crippen LogP contribution in [0.15, 0.2) is 23.1 Å². The second-order valence-corrected chi connectivity index (χ2v) is 6.27. The molecule has 1 saturated heterocycles. The summed E-state index contributed by atoms with van der Waals surface area (Å²) in [5, 5.41) is 14.7. The van der Waals surface area contributed by atoms with Crippen molar-refractivity contribution in [3.63, 3.8) is 0 Å². The highest BCUT2D eigenvalue weighted by atomic mass is 79.9. The quantitative estimate of drug-likeness (QED) is 0.650. The molecule has 0 amide bonds. The molecule has 0 saturated carbocycles. The number of piperidine rings is 1. The summed E-state index contributed by atoms with van der Waals surface area (Å²) in [7, 11) is 0. The maximum atomic E-state index is 6.25. The number of hydrogen-bond donors (Lipinski definition) is 3. The largest absolute Gasteiger partial charge is 0.383 e. The van der Waals surface area contributed by atoms with Crippen LogP contribution in [0.4, 0.5) is 5.82 Å². The first-order valence-corrected chi connectivity index (χ1v) is 8.10. The van der Waals surface area contributed by atoms with Gasteiger partial charge in [-0.1, -0.05) is 6.42 Å². The molecule has 0 radical (unpaired) electrons. The summed E-state index contributed by atoms with van der Waals surface area (Å²) in [6.45, 7) is 1.01. The van der Waals surface area contributed by atoms with Crippen molar-refractivity contribution in [1.82, 2.24) is 30.1 Å². The Balaban J connectivity index is 1.90. The number of hydrogen-bond acceptors (Lipinski definition) is 5. The third kappa shape index (κ3) is 2.10. The third-order valence-corrected chi connectivity index (χ3v) is 4.91. The number of nitrogen functional groups attached to an aromatic ring is 1. The number of aromatic nitrogens is 5. The minimum atomic E-state index is 0.225. The summed E-state index contributed by atoms with van der Waals surface area (Å²) in [6, 6.07) is 0.225. The topological polar surface area (TPSA) is 96.9 Å². The van der Waals surface area contributed by atoms with E-state index in [2.05, 4.69) is 36.5 Å². The van der Waals surface area contributed by atoms with Crippen LogP contribution in [-0.4, -0.2) is 31.3 Å². The molecular weight excluding hydrogens is 346 g/mol. The number of nitrogens with one attached hydrogen (secondary N) is 2.